The highest BCUT2D eigenvalue weighted by Crippen LogP contribution is 2.27. The zero-order valence-electron chi connectivity index (χ0n) is 19.2. The van der Waals surface area contributed by atoms with Crippen molar-refractivity contribution < 1.29 is 22.7 Å². The highest BCUT2D eigenvalue weighted by atomic mass is 32.2. The van der Waals surface area contributed by atoms with Gasteiger partial charge in [-0.3, -0.25) is 4.79 Å². The zero-order valence-corrected chi connectivity index (χ0v) is 20.1. The van der Waals surface area contributed by atoms with Crippen molar-refractivity contribution in [2.45, 2.75) is 50.5 Å². The number of methoxy groups -OCH3 is 1. The van der Waals surface area contributed by atoms with Crippen molar-refractivity contribution in [2.24, 2.45) is 11.8 Å². The molecule has 1 amide bonds. The summed E-state index contributed by atoms with van der Waals surface area (Å²) in [6.07, 6.45) is 2.85. The van der Waals surface area contributed by atoms with Crippen LogP contribution in [0.3, 0.4) is 0 Å². The van der Waals surface area contributed by atoms with Gasteiger partial charge in [-0.25, -0.2) is 13.2 Å². The van der Waals surface area contributed by atoms with Gasteiger partial charge >= 0.3 is 5.97 Å². The van der Waals surface area contributed by atoms with Crippen molar-refractivity contribution in [1.29, 1.82) is 0 Å². The SMILES string of the molecule is COC(=O)c1ccccc1S(=O)(=O)N1CCC(C(=O)NC2CCN(CC(C)C)CC2)CC1. The van der Waals surface area contributed by atoms with Gasteiger partial charge in [-0.2, -0.15) is 4.31 Å². The molecular weight excluding hydrogens is 430 g/mol. The van der Waals surface area contributed by atoms with E-state index in [1.165, 1.54) is 23.5 Å². The molecule has 0 aliphatic carbocycles. The number of likely N-dealkylation sites (tertiary alicyclic amines) is 1. The quantitative estimate of drug-likeness (QED) is 0.620. The number of benzene rings is 1. The highest BCUT2D eigenvalue weighted by Gasteiger charge is 2.35. The lowest BCUT2D eigenvalue weighted by Crippen LogP contribution is -2.49. The number of piperidine rings is 2. The van der Waals surface area contributed by atoms with Crippen LogP contribution in [0, 0.1) is 11.8 Å². The lowest BCUT2D eigenvalue weighted by atomic mass is 9.95. The normalized spacial score (nSPS) is 19.8. The summed E-state index contributed by atoms with van der Waals surface area (Å²) >= 11 is 0. The topological polar surface area (TPSA) is 96.0 Å². The van der Waals surface area contributed by atoms with Gasteiger partial charge in [-0.1, -0.05) is 26.0 Å². The van der Waals surface area contributed by atoms with Gasteiger partial charge in [0.1, 0.15) is 0 Å². The van der Waals surface area contributed by atoms with Crippen LogP contribution in [-0.2, 0) is 19.6 Å². The molecule has 1 N–H and O–H groups in total. The van der Waals surface area contributed by atoms with Crippen LogP contribution in [0.1, 0.15) is 49.9 Å². The van der Waals surface area contributed by atoms with E-state index in [2.05, 4.69) is 24.1 Å². The summed E-state index contributed by atoms with van der Waals surface area (Å²) in [5, 5.41) is 3.18. The standard InChI is InChI=1S/C23H35N3O5S/c1-17(2)16-25-12-10-19(11-13-25)24-22(27)18-8-14-26(15-9-18)32(29,30)21-7-5-4-6-20(21)23(28)31-3/h4-7,17-19H,8-16H2,1-3H3,(H,24,27). The molecule has 0 atom stereocenters. The number of rotatable bonds is 7. The first kappa shape index (κ1) is 24.7. The third-order valence-corrected chi connectivity index (χ3v) is 8.25. The highest BCUT2D eigenvalue weighted by molar-refractivity contribution is 7.89. The van der Waals surface area contributed by atoms with E-state index in [4.69, 9.17) is 4.74 Å². The number of carbonyl (C=O) groups is 2. The first-order chi connectivity index (χ1) is 15.2. The molecule has 3 rings (SSSR count). The van der Waals surface area contributed by atoms with E-state index in [1.54, 1.807) is 12.1 Å². The van der Waals surface area contributed by atoms with Crippen LogP contribution < -0.4 is 5.32 Å². The van der Waals surface area contributed by atoms with Gasteiger partial charge < -0.3 is 15.0 Å². The lowest BCUT2D eigenvalue weighted by molar-refractivity contribution is -0.127. The third-order valence-electron chi connectivity index (χ3n) is 6.29. The molecule has 8 nitrogen and oxygen atoms in total. The van der Waals surface area contributed by atoms with Crippen molar-refractivity contribution in [3.05, 3.63) is 29.8 Å². The van der Waals surface area contributed by atoms with E-state index >= 15 is 0 Å². The summed E-state index contributed by atoms with van der Waals surface area (Å²) < 4.78 is 32.4. The fraction of sp³-hybridized carbons (Fsp3) is 0.652. The Morgan fingerprint density at radius 2 is 1.69 bits per heavy atom. The van der Waals surface area contributed by atoms with Gasteiger partial charge in [0.05, 0.1) is 17.6 Å². The van der Waals surface area contributed by atoms with Crippen LogP contribution in [0.15, 0.2) is 29.2 Å². The van der Waals surface area contributed by atoms with Crippen LogP contribution in [0.2, 0.25) is 0 Å². The lowest BCUT2D eigenvalue weighted by Gasteiger charge is -2.35. The Kier molecular flexibility index (Phi) is 8.30. The van der Waals surface area contributed by atoms with E-state index in [9.17, 15) is 18.0 Å². The summed E-state index contributed by atoms with van der Waals surface area (Å²) in [4.78, 5) is 27.2. The fourth-order valence-corrected chi connectivity index (χ4v) is 6.21. The first-order valence-corrected chi connectivity index (χ1v) is 12.9. The summed E-state index contributed by atoms with van der Waals surface area (Å²) in [7, 11) is -2.62. The zero-order chi connectivity index (χ0) is 23.3. The summed E-state index contributed by atoms with van der Waals surface area (Å²) in [5.74, 6) is -0.203. The number of hydrogen-bond acceptors (Lipinski definition) is 6. The number of esters is 1. The predicted molar refractivity (Wildman–Crippen MR) is 122 cm³/mol. The second-order valence-electron chi connectivity index (χ2n) is 9.14. The summed E-state index contributed by atoms with van der Waals surface area (Å²) in [6, 6.07) is 6.26. The largest absolute Gasteiger partial charge is 0.465 e. The van der Waals surface area contributed by atoms with Crippen LogP contribution in [0.4, 0.5) is 0 Å². The maximum absolute atomic E-state index is 13.1. The Bertz CT molecular complexity index is 902. The molecule has 2 aliphatic heterocycles. The Hall–Kier alpha value is -1.97. The second kappa shape index (κ2) is 10.8. The van der Waals surface area contributed by atoms with Crippen molar-refractivity contribution in [2.75, 3.05) is 39.8 Å². The summed E-state index contributed by atoms with van der Waals surface area (Å²) in [5.41, 5.74) is 0.0266. The van der Waals surface area contributed by atoms with Crippen molar-refractivity contribution in [3.8, 4) is 0 Å². The van der Waals surface area contributed by atoms with Crippen molar-refractivity contribution in [1.82, 2.24) is 14.5 Å². The maximum atomic E-state index is 13.1. The molecule has 2 fully saturated rings. The number of amides is 1. The molecule has 1 aromatic carbocycles. The number of nitrogens with one attached hydrogen (secondary N) is 1. The van der Waals surface area contributed by atoms with Gasteiger partial charge in [0, 0.05) is 44.7 Å². The predicted octanol–water partition coefficient (Wildman–Crippen LogP) is 2.11. The molecule has 0 unspecified atom stereocenters. The van der Waals surface area contributed by atoms with E-state index in [0.717, 1.165) is 32.5 Å². The molecule has 0 bridgehead atoms. The smallest absolute Gasteiger partial charge is 0.339 e. The van der Waals surface area contributed by atoms with Crippen molar-refractivity contribution in [3.63, 3.8) is 0 Å². The van der Waals surface area contributed by atoms with Gasteiger partial charge in [0.2, 0.25) is 15.9 Å². The number of carbonyl (C=O) groups excluding carboxylic acids is 2. The molecule has 2 aliphatic rings. The average Bonchev–Trinajstić information content (AvgIpc) is 2.79. The number of ether oxygens (including phenoxy) is 1. The minimum Gasteiger partial charge on any atom is -0.465 e. The van der Waals surface area contributed by atoms with Crippen LogP contribution in [-0.4, -0.2) is 75.4 Å². The average molecular weight is 466 g/mol. The number of hydrogen-bond donors (Lipinski definition) is 1. The molecule has 2 heterocycles. The molecule has 32 heavy (non-hydrogen) atoms. The molecule has 0 aromatic heterocycles. The number of sulfonamides is 1. The van der Waals surface area contributed by atoms with E-state index in [-0.39, 0.29) is 41.4 Å². The van der Waals surface area contributed by atoms with Crippen LogP contribution in [0.5, 0.6) is 0 Å². The minimum atomic E-state index is -3.85. The monoisotopic (exact) mass is 465 g/mol. The van der Waals surface area contributed by atoms with Gasteiger partial charge in [-0.15, -0.1) is 0 Å². The Morgan fingerprint density at radius 3 is 2.28 bits per heavy atom. The molecule has 0 spiro atoms. The molecule has 178 valence electrons. The third kappa shape index (κ3) is 5.88. The first-order valence-electron chi connectivity index (χ1n) is 11.4. The molecule has 2 saturated heterocycles. The van der Waals surface area contributed by atoms with E-state index in [1.807, 2.05) is 0 Å². The minimum absolute atomic E-state index is 0.0266. The van der Waals surface area contributed by atoms with E-state index < -0.39 is 16.0 Å². The van der Waals surface area contributed by atoms with Gasteiger partial charge in [0.25, 0.3) is 0 Å². The van der Waals surface area contributed by atoms with Crippen LogP contribution >= 0.6 is 0 Å². The Labute approximate surface area is 191 Å². The maximum Gasteiger partial charge on any atom is 0.339 e. The van der Waals surface area contributed by atoms with E-state index in [0.29, 0.717) is 18.8 Å². The Morgan fingerprint density at radius 1 is 1.06 bits per heavy atom. The molecule has 0 radical (unpaired) electrons. The van der Waals surface area contributed by atoms with Gasteiger partial charge in [0.15, 0.2) is 0 Å². The molecule has 0 saturated carbocycles. The second-order valence-corrected chi connectivity index (χ2v) is 11.0. The molecule has 9 heteroatoms. The molecule has 1 aromatic rings. The van der Waals surface area contributed by atoms with Crippen LogP contribution in [0.25, 0.3) is 0 Å². The summed E-state index contributed by atoms with van der Waals surface area (Å²) in [6.45, 7) is 8.03. The van der Waals surface area contributed by atoms with Crippen molar-refractivity contribution >= 4 is 21.9 Å². The Balaban J connectivity index is 1.54. The number of nitrogens with zero attached hydrogens (tertiary/aromatic N) is 2. The molecular formula is C23H35N3O5S. The van der Waals surface area contributed by atoms with Gasteiger partial charge in [-0.05, 0) is 43.7 Å². The fourth-order valence-electron chi connectivity index (χ4n) is 4.56.